The second-order valence-electron chi connectivity index (χ2n) is 23.4. The Hall–Kier alpha value is -3.85. The van der Waals surface area contributed by atoms with Crippen LogP contribution in [0.25, 0.3) is 0 Å². The third-order valence-electron chi connectivity index (χ3n) is 14.2. The molecule has 480 valence electrons. The first kappa shape index (κ1) is 80.2. The molecular weight excluding hydrogens is 1060 g/mol. The van der Waals surface area contributed by atoms with Gasteiger partial charge in [0, 0.05) is 12.8 Å². The van der Waals surface area contributed by atoms with Gasteiger partial charge >= 0.3 is 19.8 Å². The van der Waals surface area contributed by atoms with Gasteiger partial charge in [0.1, 0.15) is 19.8 Å². The predicted octanol–water partition coefficient (Wildman–Crippen LogP) is 22.0. The van der Waals surface area contributed by atoms with Gasteiger partial charge in [-0.3, -0.25) is 18.6 Å². The topological polar surface area (TPSA) is 108 Å². The van der Waals surface area contributed by atoms with E-state index in [9.17, 15) is 19.0 Å². The number of allylic oxidation sites excluding steroid dienone is 22. The number of phosphoric acid groups is 1. The number of carbonyl (C=O) groups excluding carboxylic acids is 2. The zero-order valence-corrected chi connectivity index (χ0v) is 55.5. The Labute approximate surface area is 517 Å². The highest BCUT2D eigenvalue weighted by Crippen LogP contribution is 2.43. The summed E-state index contributed by atoms with van der Waals surface area (Å²) in [6.07, 6.45) is 92.6. The normalized spacial score (nSPS) is 14.0. The second kappa shape index (κ2) is 63.6. The Balaban J connectivity index is 4.09. The molecule has 9 nitrogen and oxygen atoms in total. The monoisotopic (exact) mass is 1190 g/mol. The number of quaternary nitrogens is 1. The van der Waals surface area contributed by atoms with E-state index in [0.717, 1.165) is 116 Å². The van der Waals surface area contributed by atoms with Gasteiger partial charge in [0.15, 0.2) is 6.10 Å². The predicted molar refractivity (Wildman–Crippen MR) is 362 cm³/mol. The maximum Gasteiger partial charge on any atom is 0.472 e. The molecule has 0 fully saturated rings. The van der Waals surface area contributed by atoms with Crippen LogP contribution in [-0.2, 0) is 32.7 Å². The minimum atomic E-state index is -4.40. The number of unbranched alkanes of at least 4 members (excludes halogenated alkanes) is 25. The van der Waals surface area contributed by atoms with E-state index in [0.29, 0.717) is 17.4 Å². The first-order valence-corrected chi connectivity index (χ1v) is 35.4. The van der Waals surface area contributed by atoms with Gasteiger partial charge in [0.2, 0.25) is 0 Å². The molecule has 0 amide bonds. The summed E-state index contributed by atoms with van der Waals surface area (Å²) >= 11 is 0. The number of hydrogen-bond donors (Lipinski definition) is 1. The van der Waals surface area contributed by atoms with Crippen LogP contribution in [0.3, 0.4) is 0 Å². The molecule has 2 unspecified atom stereocenters. The Bertz CT molecular complexity index is 1880. The molecule has 0 aliphatic rings. The van der Waals surface area contributed by atoms with Crippen molar-refractivity contribution in [3.05, 3.63) is 134 Å². The van der Waals surface area contributed by atoms with Crippen molar-refractivity contribution < 1.29 is 42.1 Å². The molecule has 2 atom stereocenters. The van der Waals surface area contributed by atoms with Crippen LogP contribution in [0, 0.1) is 0 Å². The van der Waals surface area contributed by atoms with Crippen molar-refractivity contribution in [1.29, 1.82) is 0 Å². The molecule has 10 heteroatoms. The summed E-state index contributed by atoms with van der Waals surface area (Å²) in [4.78, 5) is 35.9. The number of rotatable bonds is 61. The average Bonchev–Trinajstić information content (AvgIpc) is 3.61. The molecule has 0 saturated carbocycles. The van der Waals surface area contributed by atoms with Crippen LogP contribution in [0.5, 0.6) is 0 Å². The van der Waals surface area contributed by atoms with Gasteiger partial charge in [-0.25, -0.2) is 4.57 Å². The molecule has 0 saturated heterocycles. The van der Waals surface area contributed by atoms with Gasteiger partial charge < -0.3 is 18.9 Å². The number of nitrogens with zero attached hydrogens (tertiary/aromatic N) is 1. The molecule has 0 spiro atoms. The molecular formula is C74H127NO8P+. The van der Waals surface area contributed by atoms with Crippen LogP contribution < -0.4 is 0 Å². The third kappa shape index (κ3) is 67.3. The van der Waals surface area contributed by atoms with Crippen molar-refractivity contribution in [1.82, 2.24) is 0 Å². The van der Waals surface area contributed by atoms with Crippen LogP contribution in [0.15, 0.2) is 134 Å². The first-order chi connectivity index (χ1) is 41.0. The summed E-state index contributed by atoms with van der Waals surface area (Å²) in [6.45, 7) is 4.20. The fraction of sp³-hybridized carbons (Fsp3) is 0.676. The summed E-state index contributed by atoms with van der Waals surface area (Å²) in [5.74, 6) is -0.807. The Morgan fingerprint density at radius 3 is 0.952 bits per heavy atom. The van der Waals surface area contributed by atoms with E-state index in [1.807, 2.05) is 21.1 Å². The quantitative estimate of drug-likeness (QED) is 0.0211. The van der Waals surface area contributed by atoms with E-state index < -0.39 is 26.5 Å². The number of esters is 2. The highest BCUT2D eigenvalue weighted by Gasteiger charge is 2.27. The minimum absolute atomic E-state index is 0.0244. The van der Waals surface area contributed by atoms with Crippen LogP contribution in [-0.4, -0.2) is 74.9 Å². The molecule has 0 aliphatic heterocycles. The molecule has 0 bridgehead atoms. The van der Waals surface area contributed by atoms with E-state index in [1.54, 1.807) is 0 Å². The Morgan fingerprint density at radius 2 is 0.643 bits per heavy atom. The number of carbonyl (C=O) groups is 2. The lowest BCUT2D eigenvalue weighted by Crippen LogP contribution is -2.37. The molecule has 0 aromatic rings. The second-order valence-corrected chi connectivity index (χ2v) is 24.9. The molecule has 0 aromatic carbocycles. The fourth-order valence-electron chi connectivity index (χ4n) is 9.05. The van der Waals surface area contributed by atoms with E-state index in [-0.39, 0.29) is 32.0 Å². The lowest BCUT2D eigenvalue weighted by Gasteiger charge is -2.24. The largest absolute Gasteiger partial charge is 0.472 e. The molecule has 0 rings (SSSR count). The van der Waals surface area contributed by atoms with E-state index >= 15 is 0 Å². The average molecular weight is 1190 g/mol. The first-order valence-electron chi connectivity index (χ1n) is 33.9. The van der Waals surface area contributed by atoms with Gasteiger partial charge in [0.25, 0.3) is 0 Å². The van der Waals surface area contributed by atoms with Crippen molar-refractivity contribution in [3.8, 4) is 0 Å². The number of phosphoric ester groups is 1. The molecule has 1 N–H and O–H groups in total. The van der Waals surface area contributed by atoms with Gasteiger partial charge in [-0.05, 0) is 109 Å². The van der Waals surface area contributed by atoms with Crippen molar-refractivity contribution in [2.24, 2.45) is 0 Å². The van der Waals surface area contributed by atoms with Crippen molar-refractivity contribution in [2.75, 3.05) is 47.5 Å². The van der Waals surface area contributed by atoms with E-state index in [1.165, 1.54) is 122 Å². The SMILES string of the molecule is CC/C=C\C/C=C\C/C=C\C/C=C\C/C=C\C/C=C\CCCCCCCCCCC(=O)OC(COC(=O)CCCCCCCCCCCCCCCCCCC/C=C\C/C=C\C/C=C\C/C=C\C/C=C\CC)COP(=O)(O)OCC[N+](C)(C)C. The summed E-state index contributed by atoms with van der Waals surface area (Å²) in [5, 5.41) is 0. The van der Waals surface area contributed by atoms with Gasteiger partial charge in [-0.2, -0.15) is 0 Å². The van der Waals surface area contributed by atoms with Gasteiger partial charge in [-0.15, -0.1) is 0 Å². The summed E-state index contributed by atoms with van der Waals surface area (Å²) in [6, 6.07) is 0. The number of likely N-dealkylation sites (N-methyl/N-ethyl adjacent to an activating group) is 1. The van der Waals surface area contributed by atoms with Crippen LogP contribution in [0.4, 0.5) is 0 Å². The molecule has 0 aliphatic carbocycles. The number of hydrogen-bond acceptors (Lipinski definition) is 7. The van der Waals surface area contributed by atoms with Gasteiger partial charge in [0.05, 0.1) is 27.7 Å². The molecule has 84 heavy (non-hydrogen) atoms. The highest BCUT2D eigenvalue weighted by molar-refractivity contribution is 7.47. The fourth-order valence-corrected chi connectivity index (χ4v) is 9.79. The van der Waals surface area contributed by atoms with Crippen LogP contribution in [0.2, 0.25) is 0 Å². The van der Waals surface area contributed by atoms with Crippen molar-refractivity contribution in [2.45, 2.75) is 277 Å². The zero-order valence-electron chi connectivity index (χ0n) is 54.6. The molecule has 0 heterocycles. The van der Waals surface area contributed by atoms with Crippen LogP contribution >= 0.6 is 7.82 Å². The van der Waals surface area contributed by atoms with E-state index in [4.69, 9.17) is 18.5 Å². The van der Waals surface area contributed by atoms with E-state index in [2.05, 4.69) is 148 Å². The summed E-state index contributed by atoms with van der Waals surface area (Å²) in [7, 11) is 1.46. The maximum absolute atomic E-state index is 12.9. The molecule has 0 aromatic heterocycles. The zero-order chi connectivity index (χ0) is 61.2. The minimum Gasteiger partial charge on any atom is -0.462 e. The van der Waals surface area contributed by atoms with Gasteiger partial charge in [-0.1, -0.05) is 282 Å². The Kier molecular flexibility index (Phi) is 60.7. The summed E-state index contributed by atoms with van der Waals surface area (Å²) in [5.41, 5.74) is 0. The van der Waals surface area contributed by atoms with Crippen molar-refractivity contribution in [3.63, 3.8) is 0 Å². The lowest BCUT2D eigenvalue weighted by atomic mass is 10.0. The summed E-state index contributed by atoms with van der Waals surface area (Å²) < 4.78 is 34.7. The highest BCUT2D eigenvalue weighted by atomic mass is 31.2. The lowest BCUT2D eigenvalue weighted by molar-refractivity contribution is -0.870. The smallest absolute Gasteiger partial charge is 0.462 e. The van der Waals surface area contributed by atoms with Crippen LogP contribution in [0.1, 0.15) is 271 Å². The number of ether oxygens (including phenoxy) is 2. The maximum atomic E-state index is 12.9. The third-order valence-corrected chi connectivity index (χ3v) is 15.2. The standard InChI is InChI=1S/C74H126NO8P/c1-6-8-10-12-14-16-18-20-22-24-26-28-30-32-34-35-36-37-38-39-41-42-44-46-48-50-52-54-56-58-60-62-64-66-73(76)80-70-72(71-82-84(78,79)81-69-68-75(3,4)5)83-74(77)67-65-63-61-59-57-55-53-51-49-47-45-43-40-33-31-29-27-25-23-21-19-17-15-13-11-9-7-2/h8-11,14-17,20-23,26-29,32-34,40,45,47,72H,6-7,12-13,18-19,24-25,30-31,35-39,41-44,46,48-71H2,1-5H3/p+1/b10-8-,11-9-,16-14-,17-15-,22-20-,23-21-,28-26-,29-27-,34-32-,40-33-,47-45-. The van der Waals surface area contributed by atoms with Crippen molar-refractivity contribution >= 4 is 19.8 Å². The Morgan fingerprint density at radius 1 is 0.369 bits per heavy atom. The molecule has 0 radical (unpaired) electrons.